The molecular weight excluding hydrogens is 362 g/mol. The zero-order valence-electron chi connectivity index (χ0n) is 14.2. The zero-order valence-corrected chi connectivity index (χ0v) is 15.8. The standard InChI is InChI=1S/C16H21N3O4S2/c1-11-15(12(2)23-18-11)25(21,22)19-6-3-4-14(9-19)16(20)17-8-13-5-7-24-10-13/h5,7,10,14H,3-4,6,8-9H2,1-2H3,(H,17,20). The SMILES string of the molecule is Cc1noc(C)c1S(=O)(=O)N1CCCC(C(=O)NCc2ccsc2)C1. The Morgan fingerprint density at radius 2 is 2.28 bits per heavy atom. The lowest BCUT2D eigenvalue weighted by atomic mass is 9.99. The van der Waals surface area contributed by atoms with Crippen LogP contribution in [0.4, 0.5) is 0 Å². The summed E-state index contributed by atoms with van der Waals surface area (Å²) in [5.74, 6) is -0.172. The van der Waals surface area contributed by atoms with E-state index in [2.05, 4.69) is 10.5 Å². The molecule has 0 aliphatic carbocycles. The number of thiophene rings is 1. The number of hydrogen-bond donors (Lipinski definition) is 1. The van der Waals surface area contributed by atoms with Crippen molar-refractivity contribution >= 4 is 27.3 Å². The molecule has 0 aromatic carbocycles. The van der Waals surface area contributed by atoms with Crippen LogP contribution in [0, 0.1) is 19.8 Å². The molecule has 1 saturated heterocycles. The summed E-state index contributed by atoms with van der Waals surface area (Å²) in [6, 6.07) is 1.96. The molecule has 0 radical (unpaired) electrons. The van der Waals surface area contributed by atoms with E-state index >= 15 is 0 Å². The van der Waals surface area contributed by atoms with Gasteiger partial charge in [0.05, 0.1) is 5.92 Å². The van der Waals surface area contributed by atoms with Crippen molar-refractivity contribution in [2.45, 2.75) is 38.1 Å². The normalized spacial score (nSPS) is 19.0. The minimum absolute atomic E-state index is 0.107. The third-order valence-electron chi connectivity index (χ3n) is 4.37. The van der Waals surface area contributed by atoms with Crippen LogP contribution in [-0.2, 0) is 21.4 Å². The smallest absolute Gasteiger partial charge is 0.248 e. The van der Waals surface area contributed by atoms with Gasteiger partial charge in [0.2, 0.25) is 15.9 Å². The van der Waals surface area contributed by atoms with E-state index in [0.717, 1.165) is 5.56 Å². The third kappa shape index (κ3) is 3.78. The number of sulfonamides is 1. The first-order chi connectivity index (χ1) is 11.9. The minimum Gasteiger partial charge on any atom is -0.360 e. The highest BCUT2D eigenvalue weighted by Crippen LogP contribution is 2.27. The molecule has 1 N–H and O–H groups in total. The Morgan fingerprint density at radius 3 is 2.92 bits per heavy atom. The van der Waals surface area contributed by atoms with E-state index in [1.54, 1.807) is 25.2 Å². The predicted octanol–water partition coefficient (Wildman–Crippen LogP) is 2.07. The summed E-state index contributed by atoms with van der Waals surface area (Å²) in [4.78, 5) is 12.5. The average Bonchev–Trinajstić information content (AvgIpc) is 3.22. The Kier molecular flexibility index (Phi) is 5.26. The molecule has 1 unspecified atom stereocenters. The van der Waals surface area contributed by atoms with Gasteiger partial charge in [0, 0.05) is 19.6 Å². The van der Waals surface area contributed by atoms with Crippen molar-refractivity contribution in [2.75, 3.05) is 13.1 Å². The maximum absolute atomic E-state index is 12.9. The summed E-state index contributed by atoms with van der Waals surface area (Å²) in [6.07, 6.45) is 1.34. The van der Waals surface area contributed by atoms with Crippen molar-refractivity contribution in [3.63, 3.8) is 0 Å². The number of aromatic nitrogens is 1. The first-order valence-electron chi connectivity index (χ1n) is 8.11. The quantitative estimate of drug-likeness (QED) is 0.853. The molecule has 136 valence electrons. The van der Waals surface area contributed by atoms with Crippen LogP contribution in [0.2, 0.25) is 0 Å². The molecule has 7 nitrogen and oxygen atoms in total. The van der Waals surface area contributed by atoms with Crippen molar-refractivity contribution in [3.05, 3.63) is 33.8 Å². The summed E-state index contributed by atoms with van der Waals surface area (Å²) in [7, 11) is -3.71. The second kappa shape index (κ2) is 7.27. The molecule has 1 aliphatic heterocycles. The highest BCUT2D eigenvalue weighted by Gasteiger charge is 2.36. The monoisotopic (exact) mass is 383 g/mol. The van der Waals surface area contributed by atoms with Crippen LogP contribution in [0.1, 0.15) is 29.9 Å². The number of carbonyl (C=O) groups excluding carboxylic acids is 1. The van der Waals surface area contributed by atoms with E-state index in [1.165, 1.54) is 4.31 Å². The Bertz CT molecular complexity index is 823. The molecule has 3 rings (SSSR count). The van der Waals surface area contributed by atoms with Crippen molar-refractivity contribution < 1.29 is 17.7 Å². The van der Waals surface area contributed by atoms with Crippen LogP contribution < -0.4 is 5.32 Å². The molecule has 3 heterocycles. The number of amides is 1. The molecule has 0 spiro atoms. The molecule has 25 heavy (non-hydrogen) atoms. The topological polar surface area (TPSA) is 92.5 Å². The molecule has 1 amide bonds. The van der Waals surface area contributed by atoms with Gasteiger partial charge in [0.25, 0.3) is 0 Å². The molecular formula is C16H21N3O4S2. The van der Waals surface area contributed by atoms with E-state index in [1.807, 2.05) is 16.8 Å². The van der Waals surface area contributed by atoms with E-state index in [4.69, 9.17) is 4.52 Å². The number of rotatable bonds is 5. The van der Waals surface area contributed by atoms with Crippen LogP contribution in [0.3, 0.4) is 0 Å². The Morgan fingerprint density at radius 1 is 1.48 bits per heavy atom. The Labute approximate surface area is 151 Å². The number of aryl methyl sites for hydroxylation is 2. The van der Waals surface area contributed by atoms with Gasteiger partial charge in [-0.05, 0) is 49.1 Å². The first kappa shape index (κ1) is 18.1. The largest absolute Gasteiger partial charge is 0.360 e. The maximum Gasteiger partial charge on any atom is 0.248 e. The lowest BCUT2D eigenvalue weighted by Gasteiger charge is -2.31. The summed E-state index contributed by atoms with van der Waals surface area (Å²) < 4.78 is 32.2. The molecule has 0 saturated carbocycles. The minimum atomic E-state index is -3.71. The maximum atomic E-state index is 12.9. The lowest BCUT2D eigenvalue weighted by Crippen LogP contribution is -2.45. The molecule has 1 fully saturated rings. The molecule has 2 aromatic heterocycles. The van der Waals surface area contributed by atoms with Crippen molar-refractivity contribution in [1.29, 1.82) is 0 Å². The van der Waals surface area contributed by atoms with Crippen LogP contribution in [0.25, 0.3) is 0 Å². The highest BCUT2D eigenvalue weighted by molar-refractivity contribution is 7.89. The van der Waals surface area contributed by atoms with Crippen LogP contribution in [0.15, 0.2) is 26.2 Å². The van der Waals surface area contributed by atoms with Crippen LogP contribution in [-0.4, -0.2) is 36.9 Å². The fourth-order valence-corrected chi connectivity index (χ4v) is 5.56. The number of nitrogens with zero attached hydrogens (tertiary/aromatic N) is 2. The van der Waals surface area contributed by atoms with Gasteiger partial charge in [-0.3, -0.25) is 4.79 Å². The third-order valence-corrected chi connectivity index (χ3v) is 7.21. The van der Waals surface area contributed by atoms with Gasteiger partial charge in [-0.25, -0.2) is 8.42 Å². The van der Waals surface area contributed by atoms with Gasteiger partial charge in [-0.2, -0.15) is 15.6 Å². The van der Waals surface area contributed by atoms with E-state index in [9.17, 15) is 13.2 Å². The summed E-state index contributed by atoms with van der Waals surface area (Å²) in [5.41, 5.74) is 1.40. The fourth-order valence-electron chi connectivity index (χ4n) is 3.07. The Hall–Kier alpha value is -1.71. The molecule has 1 aliphatic rings. The summed E-state index contributed by atoms with van der Waals surface area (Å²) >= 11 is 1.58. The van der Waals surface area contributed by atoms with Gasteiger partial charge in [0.1, 0.15) is 10.6 Å². The predicted molar refractivity (Wildman–Crippen MR) is 93.6 cm³/mol. The van der Waals surface area contributed by atoms with Gasteiger partial charge in [-0.15, -0.1) is 0 Å². The second-order valence-corrected chi connectivity index (χ2v) is 8.86. The van der Waals surface area contributed by atoms with Gasteiger partial charge in [-0.1, -0.05) is 5.16 Å². The number of nitrogens with one attached hydrogen (secondary N) is 1. The number of piperidine rings is 1. The highest BCUT2D eigenvalue weighted by atomic mass is 32.2. The van der Waals surface area contributed by atoms with Gasteiger partial charge < -0.3 is 9.84 Å². The molecule has 0 bridgehead atoms. The van der Waals surface area contributed by atoms with Crippen molar-refractivity contribution in [2.24, 2.45) is 5.92 Å². The first-order valence-corrected chi connectivity index (χ1v) is 10.5. The second-order valence-electron chi connectivity index (χ2n) is 6.20. The van der Waals surface area contributed by atoms with Gasteiger partial charge >= 0.3 is 0 Å². The van der Waals surface area contributed by atoms with Crippen molar-refractivity contribution in [1.82, 2.24) is 14.8 Å². The average molecular weight is 383 g/mol. The lowest BCUT2D eigenvalue weighted by molar-refractivity contribution is -0.126. The van der Waals surface area contributed by atoms with E-state index in [-0.39, 0.29) is 29.0 Å². The van der Waals surface area contributed by atoms with E-state index in [0.29, 0.717) is 31.6 Å². The van der Waals surface area contributed by atoms with E-state index < -0.39 is 10.0 Å². The van der Waals surface area contributed by atoms with Gasteiger partial charge in [0.15, 0.2) is 5.76 Å². The number of carbonyl (C=O) groups is 1. The zero-order chi connectivity index (χ0) is 18.0. The molecule has 9 heteroatoms. The molecule has 1 atom stereocenters. The van der Waals surface area contributed by atoms with Crippen LogP contribution in [0.5, 0.6) is 0 Å². The number of hydrogen-bond acceptors (Lipinski definition) is 6. The van der Waals surface area contributed by atoms with Crippen molar-refractivity contribution in [3.8, 4) is 0 Å². The summed E-state index contributed by atoms with van der Waals surface area (Å²) in [5, 5.41) is 10.6. The summed E-state index contributed by atoms with van der Waals surface area (Å²) in [6.45, 7) is 4.25. The fraction of sp³-hybridized carbons (Fsp3) is 0.500. The van der Waals surface area contributed by atoms with Crippen LogP contribution >= 0.6 is 11.3 Å². The molecule has 2 aromatic rings. The Balaban J connectivity index is 1.69.